The number of aromatic nitrogens is 5. The fraction of sp³-hybridized carbons (Fsp3) is 0.250. The minimum atomic E-state index is -0.0797. The molecular formula is C16H16N6O. The first-order valence-electron chi connectivity index (χ1n) is 7.53. The highest BCUT2D eigenvalue weighted by atomic mass is 16.2. The normalized spacial score (nSPS) is 17.0. The lowest BCUT2D eigenvalue weighted by molar-refractivity contribution is -0.134. The van der Waals surface area contributed by atoms with Crippen LogP contribution in [0.1, 0.15) is 17.3 Å². The maximum atomic E-state index is 12.8. The van der Waals surface area contributed by atoms with Crippen LogP contribution in [0, 0.1) is 0 Å². The van der Waals surface area contributed by atoms with Gasteiger partial charge in [-0.05, 0) is 28.1 Å². The van der Waals surface area contributed by atoms with Crippen molar-refractivity contribution in [2.24, 2.45) is 0 Å². The van der Waals surface area contributed by atoms with Gasteiger partial charge in [-0.2, -0.15) is 0 Å². The standard InChI is InChI=1S/C16H16N6O/c23-15(11-21-12-17-18-19-21)22-10-9-20-8-4-7-14(20)16(22)13-5-2-1-3-6-13/h1-8,12,16H,9-11H2. The Morgan fingerprint density at radius 2 is 2.00 bits per heavy atom. The molecule has 1 unspecified atom stereocenters. The van der Waals surface area contributed by atoms with Crippen molar-refractivity contribution in [2.45, 2.75) is 19.1 Å². The first-order chi connectivity index (χ1) is 11.3. The predicted octanol–water partition coefficient (Wildman–Crippen LogP) is 1.11. The molecule has 0 bridgehead atoms. The van der Waals surface area contributed by atoms with E-state index in [9.17, 15) is 4.79 Å². The van der Waals surface area contributed by atoms with Gasteiger partial charge in [0.25, 0.3) is 0 Å². The highest BCUT2D eigenvalue weighted by molar-refractivity contribution is 5.77. The Kier molecular flexibility index (Phi) is 3.38. The molecule has 0 N–H and O–H groups in total. The average molecular weight is 308 g/mol. The molecule has 1 amide bonds. The van der Waals surface area contributed by atoms with E-state index in [1.807, 2.05) is 29.2 Å². The van der Waals surface area contributed by atoms with Crippen molar-refractivity contribution < 1.29 is 4.79 Å². The van der Waals surface area contributed by atoms with Gasteiger partial charge >= 0.3 is 0 Å². The molecule has 0 fully saturated rings. The molecule has 1 aromatic carbocycles. The number of nitrogens with zero attached hydrogens (tertiary/aromatic N) is 6. The highest BCUT2D eigenvalue weighted by Gasteiger charge is 2.32. The van der Waals surface area contributed by atoms with E-state index in [2.05, 4.69) is 44.5 Å². The fourth-order valence-corrected chi connectivity index (χ4v) is 3.12. The zero-order valence-electron chi connectivity index (χ0n) is 12.5. The number of tetrazole rings is 1. The van der Waals surface area contributed by atoms with Crippen LogP contribution in [-0.4, -0.2) is 42.1 Å². The molecule has 116 valence electrons. The van der Waals surface area contributed by atoms with E-state index < -0.39 is 0 Å². The van der Waals surface area contributed by atoms with Crippen LogP contribution in [-0.2, 0) is 17.9 Å². The minimum Gasteiger partial charge on any atom is -0.348 e. The summed E-state index contributed by atoms with van der Waals surface area (Å²) < 4.78 is 3.66. The van der Waals surface area contributed by atoms with E-state index in [1.54, 1.807) is 0 Å². The second kappa shape index (κ2) is 5.68. The Bertz CT molecular complexity index is 795. The van der Waals surface area contributed by atoms with Crippen molar-refractivity contribution in [3.63, 3.8) is 0 Å². The van der Waals surface area contributed by atoms with Gasteiger partial charge < -0.3 is 9.47 Å². The summed E-state index contributed by atoms with van der Waals surface area (Å²) >= 11 is 0. The summed E-state index contributed by atoms with van der Waals surface area (Å²) in [6.45, 7) is 1.62. The van der Waals surface area contributed by atoms with Gasteiger partial charge in [0.2, 0.25) is 5.91 Å². The lowest BCUT2D eigenvalue weighted by atomic mass is 10.00. The summed E-state index contributed by atoms with van der Waals surface area (Å²) in [7, 11) is 0. The number of carbonyl (C=O) groups excluding carboxylic acids is 1. The molecule has 23 heavy (non-hydrogen) atoms. The molecule has 7 nitrogen and oxygen atoms in total. The third-order valence-corrected chi connectivity index (χ3v) is 4.16. The molecule has 3 heterocycles. The molecule has 1 aliphatic rings. The molecule has 7 heteroatoms. The number of rotatable bonds is 3. The summed E-state index contributed by atoms with van der Waals surface area (Å²) in [6, 6.07) is 14.1. The molecule has 4 rings (SSSR count). The lowest BCUT2D eigenvalue weighted by Gasteiger charge is -2.37. The topological polar surface area (TPSA) is 68.8 Å². The smallest absolute Gasteiger partial charge is 0.245 e. The van der Waals surface area contributed by atoms with Gasteiger partial charge in [0.05, 0.1) is 6.04 Å². The molecule has 0 aliphatic carbocycles. The molecule has 0 spiro atoms. The van der Waals surface area contributed by atoms with E-state index >= 15 is 0 Å². The van der Waals surface area contributed by atoms with E-state index in [-0.39, 0.29) is 18.5 Å². The van der Waals surface area contributed by atoms with Crippen LogP contribution in [0.2, 0.25) is 0 Å². The molecule has 1 aliphatic heterocycles. The van der Waals surface area contributed by atoms with Gasteiger partial charge in [-0.25, -0.2) is 4.68 Å². The molecule has 0 saturated carbocycles. The number of hydrogen-bond donors (Lipinski definition) is 0. The monoisotopic (exact) mass is 308 g/mol. The molecule has 0 saturated heterocycles. The van der Waals surface area contributed by atoms with Crippen molar-refractivity contribution in [1.29, 1.82) is 0 Å². The molecule has 1 atom stereocenters. The van der Waals surface area contributed by atoms with Crippen molar-refractivity contribution in [3.8, 4) is 0 Å². The van der Waals surface area contributed by atoms with Gasteiger partial charge in [0.15, 0.2) is 0 Å². The minimum absolute atomic E-state index is 0.0126. The van der Waals surface area contributed by atoms with Gasteiger partial charge in [-0.3, -0.25) is 4.79 Å². The molecule has 0 radical (unpaired) electrons. The summed E-state index contributed by atoms with van der Waals surface area (Å²) in [5, 5.41) is 11.0. The number of hydrogen-bond acceptors (Lipinski definition) is 4. The van der Waals surface area contributed by atoms with Crippen molar-refractivity contribution in [2.75, 3.05) is 6.54 Å². The Hall–Kier alpha value is -2.96. The van der Waals surface area contributed by atoms with Crippen molar-refractivity contribution in [1.82, 2.24) is 29.7 Å². The molecule has 2 aromatic heterocycles. The van der Waals surface area contributed by atoms with Crippen molar-refractivity contribution >= 4 is 5.91 Å². The number of carbonyl (C=O) groups is 1. The first-order valence-corrected chi connectivity index (χ1v) is 7.53. The summed E-state index contributed by atoms with van der Waals surface area (Å²) in [4.78, 5) is 14.7. The van der Waals surface area contributed by atoms with Crippen LogP contribution in [0.3, 0.4) is 0 Å². The Balaban J connectivity index is 1.69. The van der Waals surface area contributed by atoms with E-state index in [0.29, 0.717) is 6.54 Å². The van der Waals surface area contributed by atoms with Gasteiger partial charge in [0.1, 0.15) is 12.9 Å². The third-order valence-electron chi connectivity index (χ3n) is 4.16. The summed E-state index contributed by atoms with van der Waals surface area (Å²) in [6.07, 6.45) is 3.52. The Labute approximate surface area is 133 Å². The summed E-state index contributed by atoms with van der Waals surface area (Å²) in [5.74, 6) is 0.0126. The quantitative estimate of drug-likeness (QED) is 0.727. The van der Waals surface area contributed by atoms with E-state index in [4.69, 9.17) is 0 Å². The highest BCUT2D eigenvalue weighted by Crippen LogP contribution is 2.32. The zero-order chi connectivity index (χ0) is 15.6. The van der Waals surface area contributed by atoms with E-state index in [0.717, 1.165) is 17.8 Å². The first kappa shape index (κ1) is 13.7. The SMILES string of the molecule is O=C(Cn1cnnn1)N1CCn2cccc2C1c1ccccc1. The lowest BCUT2D eigenvalue weighted by Crippen LogP contribution is -2.43. The predicted molar refractivity (Wildman–Crippen MR) is 82.2 cm³/mol. The Morgan fingerprint density at radius 3 is 2.78 bits per heavy atom. The van der Waals surface area contributed by atoms with Gasteiger partial charge in [0, 0.05) is 25.0 Å². The van der Waals surface area contributed by atoms with Crippen LogP contribution in [0.4, 0.5) is 0 Å². The number of benzene rings is 1. The summed E-state index contributed by atoms with van der Waals surface area (Å²) in [5.41, 5.74) is 2.24. The maximum Gasteiger partial charge on any atom is 0.245 e. The second-order valence-electron chi connectivity index (χ2n) is 5.53. The van der Waals surface area contributed by atoms with Crippen LogP contribution in [0.25, 0.3) is 0 Å². The molecule has 3 aromatic rings. The number of fused-ring (bicyclic) bond motifs is 1. The van der Waals surface area contributed by atoms with Crippen LogP contribution < -0.4 is 0 Å². The average Bonchev–Trinajstić information content (AvgIpc) is 3.25. The zero-order valence-corrected chi connectivity index (χ0v) is 12.5. The van der Waals surface area contributed by atoms with Crippen molar-refractivity contribution in [3.05, 3.63) is 66.2 Å². The van der Waals surface area contributed by atoms with Gasteiger partial charge in [-0.15, -0.1) is 5.10 Å². The van der Waals surface area contributed by atoms with Crippen LogP contribution >= 0.6 is 0 Å². The van der Waals surface area contributed by atoms with E-state index in [1.165, 1.54) is 11.0 Å². The molecular weight excluding hydrogens is 292 g/mol. The van der Waals surface area contributed by atoms with Gasteiger partial charge in [-0.1, -0.05) is 30.3 Å². The Morgan fingerprint density at radius 1 is 1.13 bits per heavy atom. The number of amides is 1. The third kappa shape index (κ3) is 2.50. The van der Waals surface area contributed by atoms with Crippen LogP contribution in [0.15, 0.2) is 55.0 Å². The fourth-order valence-electron chi connectivity index (χ4n) is 3.12. The van der Waals surface area contributed by atoms with Crippen LogP contribution in [0.5, 0.6) is 0 Å². The maximum absolute atomic E-state index is 12.8. The second-order valence-corrected chi connectivity index (χ2v) is 5.53. The largest absolute Gasteiger partial charge is 0.348 e.